The van der Waals surface area contributed by atoms with Crippen LogP contribution in [0.4, 0.5) is 4.39 Å². The third-order valence-electron chi connectivity index (χ3n) is 2.19. The maximum atomic E-state index is 12.7. The van der Waals surface area contributed by atoms with Crippen LogP contribution in [0, 0.1) is 11.7 Å². The number of nitrogens with one attached hydrogen (secondary N) is 1. The van der Waals surface area contributed by atoms with E-state index in [1.807, 2.05) is 6.92 Å². The first kappa shape index (κ1) is 12.9. The van der Waals surface area contributed by atoms with Gasteiger partial charge in [-0.2, -0.15) is 0 Å². The number of hydrogen-bond donors (Lipinski definition) is 2. The summed E-state index contributed by atoms with van der Waals surface area (Å²) in [6.45, 7) is 2.90. The van der Waals surface area contributed by atoms with Crippen molar-refractivity contribution in [2.24, 2.45) is 11.7 Å². The molecule has 0 saturated heterocycles. The van der Waals surface area contributed by atoms with Crippen molar-refractivity contribution in [3.05, 3.63) is 34.6 Å². The van der Waals surface area contributed by atoms with Crippen LogP contribution in [0.1, 0.15) is 17.3 Å². The van der Waals surface area contributed by atoms with Gasteiger partial charge in [-0.15, -0.1) is 0 Å². The van der Waals surface area contributed by atoms with E-state index in [-0.39, 0.29) is 22.4 Å². The van der Waals surface area contributed by atoms with Crippen LogP contribution in [-0.4, -0.2) is 19.0 Å². The number of halogens is 2. The second-order valence-corrected chi connectivity index (χ2v) is 4.08. The molecule has 16 heavy (non-hydrogen) atoms. The Morgan fingerprint density at radius 2 is 2.31 bits per heavy atom. The van der Waals surface area contributed by atoms with Crippen molar-refractivity contribution >= 4 is 17.5 Å². The van der Waals surface area contributed by atoms with Crippen LogP contribution in [-0.2, 0) is 0 Å². The van der Waals surface area contributed by atoms with Gasteiger partial charge in [-0.25, -0.2) is 4.39 Å². The molecular weight excluding hydrogens is 231 g/mol. The Hall–Kier alpha value is -1.13. The number of carbonyl (C=O) groups excluding carboxylic acids is 1. The average Bonchev–Trinajstić information content (AvgIpc) is 2.25. The molecule has 0 aliphatic carbocycles. The summed E-state index contributed by atoms with van der Waals surface area (Å²) in [5.41, 5.74) is 5.69. The van der Waals surface area contributed by atoms with Gasteiger partial charge in [-0.05, 0) is 30.7 Å². The number of hydrogen-bond acceptors (Lipinski definition) is 2. The van der Waals surface area contributed by atoms with Gasteiger partial charge in [0, 0.05) is 6.54 Å². The highest BCUT2D eigenvalue weighted by atomic mass is 35.5. The second-order valence-electron chi connectivity index (χ2n) is 3.68. The fraction of sp³-hybridized carbons (Fsp3) is 0.364. The summed E-state index contributed by atoms with van der Waals surface area (Å²) in [7, 11) is 0. The maximum absolute atomic E-state index is 12.7. The van der Waals surface area contributed by atoms with Gasteiger partial charge < -0.3 is 11.1 Å². The van der Waals surface area contributed by atoms with Crippen molar-refractivity contribution in [3.8, 4) is 0 Å². The number of amides is 1. The van der Waals surface area contributed by atoms with Crippen LogP contribution in [0.5, 0.6) is 0 Å². The number of carbonyl (C=O) groups is 1. The zero-order valence-electron chi connectivity index (χ0n) is 8.97. The van der Waals surface area contributed by atoms with Crippen LogP contribution in [0.15, 0.2) is 18.2 Å². The Kier molecular flexibility index (Phi) is 4.71. The molecule has 0 aliphatic rings. The minimum atomic E-state index is -0.461. The topological polar surface area (TPSA) is 55.1 Å². The van der Waals surface area contributed by atoms with E-state index in [4.69, 9.17) is 17.3 Å². The van der Waals surface area contributed by atoms with E-state index in [0.29, 0.717) is 13.1 Å². The van der Waals surface area contributed by atoms with Crippen molar-refractivity contribution in [1.82, 2.24) is 5.32 Å². The van der Waals surface area contributed by atoms with Gasteiger partial charge >= 0.3 is 0 Å². The molecule has 88 valence electrons. The predicted molar refractivity (Wildman–Crippen MR) is 62.0 cm³/mol. The lowest BCUT2D eigenvalue weighted by molar-refractivity contribution is 0.0948. The molecule has 1 rings (SSSR count). The summed E-state index contributed by atoms with van der Waals surface area (Å²) in [5, 5.41) is 2.79. The van der Waals surface area contributed by atoms with E-state index in [1.165, 1.54) is 12.1 Å². The molecule has 0 bridgehead atoms. The average molecular weight is 245 g/mol. The van der Waals surface area contributed by atoms with Crippen LogP contribution in [0.25, 0.3) is 0 Å². The van der Waals surface area contributed by atoms with Gasteiger partial charge in [0.05, 0.1) is 10.6 Å². The lowest BCUT2D eigenvalue weighted by atomic mass is 10.1. The maximum Gasteiger partial charge on any atom is 0.252 e. The summed E-state index contributed by atoms with van der Waals surface area (Å²) in [4.78, 5) is 11.6. The number of benzene rings is 1. The van der Waals surface area contributed by atoms with Crippen LogP contribution < -0.4 is 11.1 Å². The van der Waals surface area contributed by atoms with Crippen LogP contribution >= 0.6 is 11.6 Å². The van der Waals surface area contributed by atoms with Crippen molar-refractivity contribution < 1.29 is 9.18 Å². The highest BCUT2D eigenvalue weighted by molar-refractivity contribution is 6.33. The Morgan fingerprint density at radius 1 is 1.62 bits per heavy atom. The standard InChI is InChI=1S/C11H14ClFN2O/c1-7(5-14)6-15-11(16)9-3-2-8(13)4-10(9)12/h2-4,7H,5-6,14H2,1H3,(H,15,16). The minimum absolute atomic E-state index is 0.109. The molecule has 3 nitrogen and oxygen atoms in total. The quantitative estimate of drug-likeness (QED) is 0.849. The number of nitrogens with two attached hydrogens (primary N) is 1. The minimum Gasteiger partial charge on any atom is -0.352 e. The first-order chi connectivity index (χ1) is 7.54. The SMILES string of the molecule is CC(CN)CNC(=O)c1ccc(F)cc1Cl. The summed E-state index contributed by atoms with van der Waals surface area (Å²) in [5.74, 6) is -0.578. The molecule has 1 aromatic carbocycles. The van der Waals surface area contributed by atoms with Gasteiger partial charge in [-0.3, -0.25) is 4.79 Å². The van der Waals surface area contributed by atoms with E-state index in [2.05, 4.69) is 5.32 Å². The Labute approximate surface area is 98.8 Å². The van der Waals surface area contributed by atoms with Gasteiger partial charge in [0.15, 0.2) is 0 Å². The van der Waals surface area contributed by atoms with Crippen LogP contribution in [0.2, 0.25) is 5.02 Å². The monoisotopic (exact) mass is 244 g/mol. The van der Waals surface area contributed by atoms with Crippen molar-refractivity contribution in [2.75, 3.05) is 13.1 Å². The molecule has 0 aliphatic heterocycles. The molecule has 0 aromatic heterocycles. The summed E-state index contributed by atoms with van der Waals surface area (Å²) in [6.07, 6.45) is 0. The molecule has 1 atom stereocenters. The number of rotatable bonds is 4. The van der Waals surface area contributed by atoms with Gasteiger partial charge in [-0.1, -0.05) is 18.5 Å². The molecule has 0 heterocycles. The van der Waals surface area contributed by atoms with Crippen molar-refractivity contribution in [3.63, 3.8) is 0 Å². The summed E-state index contributed by atoms with van der Waals surface area (Å²) in [6, 6.07) is 3.68. The second kappa shape index (κ2) is 5.82. The summed E-state index contributed by atoms with van der Waals surface area (Å²) < 4.78 is 12.7. The zero-order valence-corrected chi connectivity index (χ0v) is 9.72. The normalized spacial score (nSPS) is 12.2. The van der Waals surface area contributed by atoms with E-state index in [9.17, 15) is 9.18 Å². The van der Waals surface area contributed by atoms with E-state index >= 15 is 0 Å². The Morgan fingerprint density at radius 3 is 2.88 bits per heavy atom. The molecule has 5 heteroatoms. The molecule has 0 saturated carbocycles. The first-order valence-corrected chi connectivity index (χ1v) is 5.35. The van der Waals surface area contributed by atoms with E-state index in [0.717, 1.165) is 6.07 Å². The van der Waals surface area contributed by atoms with Crippen molar-refractivity contribution in [1.29, 1.82) is 0 Å². The lowest BCUT2D eigenvalue weighted by Gasteiger charge is -2.10. The molecule has 1 unspecified atom stereocenters. The molecule has 1 amide bonds. The van der Waals surface area contributed by atoms with Crippen LogP contribution in [0.3, 0.4) is 0 Å². The van der Waals surface area contributed by atoms with E-state index < -0.39 is 5.82 Å². The highest BCUT2D eigenvalue weighted by Gasteiger charge is 2.11. The Balaban J connectivity index is 2.66. The van der Waals surface area contributed by atoms with Gasteiger partial charge in [0.25, 0.3) is 5.91 Å². The smallest absolute Gasteiger partial charge is 0.252 e. The third-order valence-corrected chi connectivity index (χ3v) is 2.50. The fourth-order valence-corrected chi connectivity index (χ4v) is 1.37. The van der Waals surface area contributed by atoms with E-state index in [1.54, 1.807) is 0 Å². The predicted octanol–water partition coefficient (Wildman–Crippen LogP) is 1.80. The van der Waals surface area contributed by atoms with Gasteiger partial charge in [0.1, 0.15) is 5.82 Å². The Bertz CT molecular complexity index is 384. The molecule has 0 fully saturated rings. The lowest BCUT2D eigenvalue weighted by Crippen LogP contribution is -2.31. The zero-order chi connectivity index (χ0) is 12.1. The van der Waals surface area contributed by atoms with Gasteiger partial charge in [0.2, 0.25) is 0 Å². The third kappa shape index (κ3) is 3.47. The van der Waals surface area contributed by atoms with Crippen molar-refractivity contribution in [2.45, 2.75) is 6.92 Å². The molecule has 0 spiro atoms. The molecule has 0 radical (unpaired) electrons. The molecule has 1 aromatic rings. The molecular formula is C11H14ClFN2O. The highest BCUT2D eigenvalue weighted by Crippen LogP contribution is 2.16. The first-order valence-electron chi connectivity index (χ1n) is 4.98. The molecule has 3 N–H and O–H groups in total. The fourth-order valence-electron chi connectivity index (χ4n) is 1.12. The largest absolute Gasteiger partial charge is 0.352 e. The summed E-state index contributed by atoms with van der Waals surface area (Å²) >= 11 is 5.75.